The molecule has 0 saturated carbocycles. The van der Waals surface area contributed by atoms with Crippen LogP contribution >= 0.6 is 11.6 Å². The predicted octanol–water partition coefficient (Wildman–Crippen LogP) is 6.34. The highest BCUT2D eigenvalue weighted by Gasteiger charge is 2.35. The van der Waals surface area contributed by atoms with Gasteiger partial charge in [-0.3, -0.25) is 15.0 Å². The predicted molar refractivity (Wildman–Crippen MR) is 137 cm³/mol. The minimum atomic E-state index is -4.58. The second-order valence-corrected chi connectivity index (χ2v) is 9.90. The van der Waals surface area contributed by atoms with Gasteiger partial charge in [-0.25, -0.2) is 14.4 Å². The van der Waals surface area contributed by atoms with E-state index in [4.69, 9.17) is 16.3 Å². The Balaban J connectivity index is 1.16. The van der Waals surface area contributed by atoms with Gasteiger partial charge in [0.2, 0.25) is 11.7 Å². The van der Waals surface area contributed by atoms with Crippen molar-refractivity contribution in [1.82, 2.24) is 30.0 Å². The minimum absolute atomic E-state index is 0.0395. The summed E-state index contributed by atoms with van der Waals surface area (Å²) in [7, 11) is 0. The summed E-state index contributed by atoms with van der Waals surface area (Å²) in [4.78, 5) is 15.0. The van der Waals surface area contributed by atoms with Crippen molar-refractivity contribution >= 4 is 11.6 Å². The van der Waals surface area contributed by atoms with Gasteiger partial charge < -0.3 is 4.74 Å². The number of aromatic amines is 1. The molecule has 1 N–H and O–H groups in total. The fourth-order valence-corrected chi connectivity index (χ4v) is 4.70. The number of ether oxygens (including phenoxy) is 1. The molecule has 12 heteroatoms. The first-order valence-electron chi connectivity index (χ1n) is 12.4. The number of piperidine rings is 1. The number of likely N-dealkylation sites (tertiary alicyclic amines) is 1. The average molecular weight is 561 g/mol. The van der Waals surface area contributed by atoms with E-state index in [1.165, 1.54) is 12.3 Å². The van der Waals surface area contributed by atoms with Gasteiger partial charge in [-0.05, 0) is 62.7 Å². The lowest BCUT2D eigenvalue weighted by molar-refractivity contribution is -0.144. The molecule has 0 bridgehead atoms. The monoisotopic (exact) mass is 560 g/mol. The van der Waals surface area contributed by atoms with Crippen molar-refractivity contribution in [3.05, 3.63) is 87.8 Å². The molecular weight excluding hydrogens is 536 g/mol. The van der Waals surface area contributed by atoms with E-state index in [0.29, 0.717) is 28.6 Å². The molecule has 0 spiro atoms. The molecule has 0 atom stereocenters. The summed E-state index contributed by atoms with van der Waals surface area (Å²) in [6.07, 6.45) is -1.28. The second kappa shape index (κ2) is 11.3. The van der Waals surface area contributed by atoms with Crippen LogP contribution in [0.5, 0.6) is 5.88 Å². The Morgan fingerprint density at radius 1 is 1.10 bits per heavy atom. The average Bonchev–Trinajstić information content (AvgIpc) is 3.41. The lowest BCUT2D eigenvalue weighted by atomic mass is 9.93. The number of nitrogens with zero attached hydrogens (tertiary/aromatic N) is 5. The zero-order valence-corrected chi connectivity index (χ0v) is 21.7. The molecule has 1 aliphatic heterocycles. The van der Waals surface area contributed by atoms with Crippen molar-refractivity contribution in [2.75, 3.05) is 13.1 Å². The Kier molecular flexibility index (Phi) is 7.81. The SMILES string of the molecule is Cc1cc(-c2n[nH]c(C(F)(F)F)n2)cnc1CN1CCC(c2cccc(OCc3ccc(Cl)cc3F)n2)CC1. The molecule has 4 aromatic rings. The summed E-state index contributed by atoms with van der Waals surface area (Å²) < 4.78 is 58.2. The third-order valence-corrected chi connectivity index (χ3v) is 6.95. The highest BCUT2D eigenvalue weighted by molar-refractivity contribution is 6.30. The van der Waals surface area contributed by atoms with E-state index in [2.05, 4.69) is 25.0 Å². The van der Waals surface area contributed by atoms with E-state index in [0.717, 1.165) is 42.9 Å². The topological polar surface area (TPSA) is 79.8 Å². The molecule has 7 nitrogen and oxygen atoms in total. The van der Waals surface area contributed by atoms with Crippen LogP contribution in [0.15, 0.2) is 48.7 Å². The van der Waals surface area contributed by atoms with Crippen LogP contribution in [0.3, 0.4) is 0 Å². The van der Waals surface area contributed by atoms with Crippen LogP contribution in [0.2, 0.25) is 5.02 Å². The fourth-order valence-electron chi connectivity index (χ4n) is 4.54. The summed E-state index contributed by atoms with van der Waals surface area (Å²) in [5.41, 5.74) is 3.48. The quantitative estimate of drug-likeness (QED) is 0.266. The molecule has 5 rings (SSSR count). The summed E-state index contributed by atoms with van der Waals surface area (Å²) in [5.74, 6) is -0.884. The first-order valence-corrected chi connectivity index (χ1v) is 12.7. The van der Waals surface area contributed by atoms with Crippen molar-refractivity contribution in [1.29, 1.82) is 0 Å². The molecule has 1 aromatic carbocycles. The molecule has 1 aliphatic rings. The van der Waals surface area contributed by atoms with Crippen molar-refractivity contribution in [2.24, 2.45) is 0 Å². The maximum Gasteiger partial charge on any atom is 0.451 e. The third kappa shape index (κ3) is 6.54. The number of hydrogen-bond acceptors (Lipinski definition) is 6. The molecular formula is C27H25ClF4N6O. The van der Waals surface area contributed by atoms with Gasteiger partial charge >= 0.3 is 6.18 Å². The van der Waals surface area contributed by atoms with Crippen molar-refractivity contribution < 1.29 is 22.3 Å². The number of benzene rings is 1. The molecule has 4 heterocycles. The van der Waals surface area contributed by atoms with Crippen LogP contribution < -0.4 is 4.74 Å². The molecule has 39 heavy (non-hydrogen) atoms. The van der Waals surface area contributed by atoms with Gasteiger partial charge in [-0.15, -0.1) is 0 Å². The fraction of sp³-hybridized carbons (Fsp3) is 0.333. The van der Waals surface area contributed by atoms with Gasteiger partial charge in [0.15, 0.2) is 5.82 Å². The van der Waals surface area contributed by atoms with Gasteiger partial charge in [0.05, 0.1) is 5.69 Å². The number of aryl methyl sites for hydroxylation is 1. The summed E-state index contributed by atoms with van der Waals surface area (Å²) >= 11 is 5.81. The van der Waals surface area contributed by atoms with Crippen LogP contribution in [-0.2, 0) is 19.3 Å². The number of hydrogen-bond donors (Lipinski definition) is 1. The highest BCUT2D eigenvalue weighted by atomic mass is 35.5. The Hall–Kier alpha value is -3.57. The van der Waals surface area contributed by atoms with E-state index in [9.17, 15) is 17.6 Å². The number of nitrogens with one attached hydrogen (secondary N) is 1. The summed E-state index contributed by atoms with van der Waals surface area (Å²) in [5, 5.41) is 5.94. The lowest BCUT2D eigenvalue weighted by Crippen LogP contribution is -2.33. The van der Waals surface area contributed by atoms with E-state index in [1.54, 1.807) is 24.3 Å². The molecule has 3 aromatic heterocycles. The molecule has 204 valence electrons. The van der Waals surface area contributed by atoms with E-state index in [1.807, 2.05) is 24.2 Å². The molecule has 0 unspecified atom stereocenters. The zero-order chi connectivity index (χ0) is 27.6. The summed E-state index contributed by atoms with van der Waals surface area (Å²) in [6.45, 7) is 4.24. The van der Waals surface area contributed by atoms with Crippen molar-refractivity contribution in [2.45, 2.75) is 45.0 Å². The van der Waals surface area contributed by atoms with Crippen molar-refractivity contribution in [3.8, 4) is 17.3 Å². The first kappa shape index (κ1) is 27.0. The Labute approximate surface area is 227 Å². The second-order valence-electron chi connectivity index (χ2n) is 9.47. The normalized spacial score (nSPS) is 15.0. The van der Waals surface area contributed by atoms with Gasteiger partial charge in [0, 0.05) is 46.6 Å². The third-order valence-electron chi connectivity index (χ3n) is 6.71. The van der Waals surface area contributed by atoms with Gasteiger partial charge in [0.25, 0.3) is 0 Å². The van der Waals surface area contributed by atoms with Gasteiger partial charge in [-0.2, -0.15) is 18.3 Å². The maximum absolute atomic E-state index is 14.0. The molecule has 0 amide bonds. The van der Waals surface area contributed by atoms with Gasteiger partial charge in [0.1, 0.15) is 12.4 Å². The first-order chi connectivity index (χ1) is 18.7. The van der Waals surface area contributed by atoms with Crippen LogP contribution in [0.25, 0.3) is 11.4 Å². The number of H-pyrrole nitrogens is 1. The number of halogens is 5. The van der Waals surface area contributed by atoms with E-state index >= 15 is 0 Å². The van der Waals surface area contributed by atoms with Crippen LogP contribution in [-0.4, -0.2) is 43.1 Å². The molecule has 1 saturated heterocycles. The van der Waals surface area contributed by atoms with Crippen LogP contribution in [0.4, 0.5) is 17.6 Å². The molecule has 1 fully saturated rings. The standard InChI is InChI=1S/C27H25ClF4N6O/c1-16-11-19(25-35-26(37-36-25)27(30,31)32)13-33-23(16)14-38-9-7-17(8-10-38)22-3-2-4-24(34-22)39-15-18-5-6-20(28)12-21(18)29/h2-6,11-13,17H,7-10,14-15H2,1H3,(H,35,36,37). The summed E-state index contributed by atoms with van der Waals surface area (Å²) in [6, 6.07) is 11.9. The lowest BCUT2D eigenvalue weighted by Gasteiger charge is -2.31. The highest BCUT2D eigenvalue weighted by Crippen LogP contribution is 2.30. The van der Waals surface area contributed by atoms with Crippen LogP contribution in [0, 0.1) is 12.7 Å². The molecule has 0 radical (unpaired) electrons. The molecule has 0 aliphatic carbocycles. The minimum Gasteiger partial charge on any atom is -0.473 e. The Morgan fingerprint density at radius 3 is 2.59 bits per heavy atom. The smallest absolute Gasteiger partial charge is 0.451 e. The van der Waals surface area contributed by atoms with Crippen molar-refractivity contribution in [3.63, 3.8) is 0 Å². The maximum atomic E-state index is 14.0. The Bertz CT molecular complexity index is 1450. The largest absolute Gasteiger partial charge is 0.473 e. The van der Waals surface area contributed by atoms with E-state index < -0.39 is 17.8 Å². The number of aromatic nitrogens is 5. The van der Waals surface area contributed by atoms with Crippen LogP contribution in [0.1, 0.15) is 47.1 Å². The van der Waals surface area contributed by atoms with Gasteiger partial charge in [-0.1, -0.05) is 23.7 Å². The number of alkyl halides is 3. The number of rotatable bonds is 7. The Morgan fingerprint density at radius 2 is 1.90 bits per heavy atom. The number of pyridine rings is 2. The zero-order valence-electron chi connectivity index (χ0n) is 21.0. The van der Waals surface area contributed by atoms with E-state index in [-0.39, 0.29) is 18.3 Å².